The van der Waals surface area contributed by atoms with Crippen molar-refractivity contribution >= 4 is 17.3 Å². The van der Waals surface area contributed by atoms with Crippen LogP contribution >= 0.6 is 11.6 Å². The summed E-state index contributed by atoms with van der Waals surface area (Å²) in [4.78, 5) is 0. The summed E-state index contributed by atoms with van der Waals surface area (Å²) in [7, 11) is 0. The molecule has 0 aromatic heterocycles. The molecule has 1 aromatic rings. The number of hydrogen-bond acceptors (Lipinski definition) is 4. The van der Waals surface area contributed by atoms with Crippen molar-refractivity contribution in [1.29, 1.82) is 0 Å². The maximum Gasteiger partial charge on any atom is 0.167 e. The fraction of sp³-hybridized carbons (Fsp3) is 0.571. The lowest BCUT2D eigenvalue weighted by atomic mass is 10.1. The number of halogens is 2. The normalized spacial score (nSPS) is 17.8. The van der Waals surface area contributed by atoms with Crippen LogP contribution < -0.4 is 10.1 Å². The molecular formula is C14H19ClFNO3. The van der Waals surface area contributed by atoms with E-state index in [4.69, 9.17) is 21.1 Å². The first-order valence-electron chi connectivity index (χ1n) is 6.71. The van der Waals surface area contributed by atoms with Crippen LogP contribution in [0.3, 0.4) is 0 Å². The van der Waals surface area contributed by atoms with Crippen molar-refractivity contribution in [2.75, 3.05) is 31.0 Å². The van der Waals surface area contributed by atoms with Crippen LogP contribution in [0, 0.1) is 5.82 Å². The molecule has 0 spiro atoms. The van der Waals surface area contributed by atoms with E-state index < -0.39 is 11.9 Å². The van der Waals surface area contributed by atoms with Gasteiger partial charge in [0.15, 0.2) is 11.6 Å². The number of nitrogens with one attached hydrogen (secondary N) is 1. The Hall–Kier alpha value is -1.04. The first-order chi connectivity index (χ1) is 9.69. The van der Waals surface area contributed by atoms with Crippen LogP contribution in [0.1, 0.15) is 12.8 Å². The fourth-order valence-electron chi connectivity index (χ4n) is 1.97. The molecule has 1 fully saturated rings. The zero-order valence-electron chi connectivity index (χ0n) is 11.1. The minimum atomic E-state index is -0.655. The molecule has 20 heavy (non-hydrogen) atoms. The Morgan fingerprint density at radius 1 is 1.45 bits per heavy atom. The minimum absolute atomic E-state index is 0.00938. The van der Waals surface area contributed by atoms with Crippen molar-refractivity contribution in [2.45, 2.75) is 25.0 Å². The van der Waals surface area contributed by atoms with Crippen LogP contribution in [-0.4, -0.2) is 43.0 Å². The van der Waals surface area contributed by atoms with Crippen LogP contribution in [0.4, 0.5) is 10.1 Å². The average Bonchev–Trinajstić information content (AvgIpc) is 2.48. The van der Waals surface area contributed by atoms with Gasteiger partial charge >= 0.3 is 0 Å². The molecule has 1 atom stereocenters. The maximum absolute atomic E-state index is 13.9. The number of alkyl halides is 1. The number of ether oxygens (including phenoxy) is 2. The Bertz CT molecular complexity index is 427. The molecule has 0 radical (unpaired) electrons. The molecule has 6 heteroatoms. The van der Waals surface area contributed by atoms with Crippen LogP contribution in [0.2, 0.25) is 0 Å². The van der Waals surface area contributed by atoms with E-state index in [1.165, 1.54) is 6.07 Å². The number of aliphatic hydroxyl groups is 1. The van der Waals surface area contributed by atoms with E-state index in [9.17, 15) is 9.50 Å². The summed E-state index contributed by atoms with van der Waals surface area (Å²) in [6.07, 6.45) is 0.913. The topological polar surface area (TPSA) is 50.7 Å². The molecule has 2 rings (SSSR count). The molecule has 4 nitrogen and oxygen atoms in total. The van der Waals surface area contributed by atoms with E-state index in [-0.39, 0.29) is 24.3 Å². The predicted octanol–water partition coefficient (Wildman–Crippen LogP) is 2.40. The summed E-state index contributed by atoms with van der Waals surface area (Å²) < 4.78 is 24.8. The Kier molecular flexibility index (Phi) is 5.88. The van der Waals surface area contributed by atoms with Crippen molar-refractivity contribution in [1.82, 2.24) is 0 Å². The standard InChI is InChI=1S/C14H19ClFNO3/c15-8-11(18)9-17-10-1-2-14(13(16)7-10)20-12-3-5-19-6-4-12/h1-2,7,11-12,17-18H,3-6,8-9H2. The number of benzene rings is 1. The molecule has 2 N–H and O–H groups in total. The summed E-state index contributed by atoms with van der Waals surface area (Å²) in [5.74, 6) is -0.0253. The fourth-order valence-corrected chi connectivity index (χ4v) is 2.08. The Morgan fingerprint density at radius 3 is 2.85 bits per heavy atom. The molecule has 0 bridgehead atoms. The van der Waals surface area contributed by atoms with Crippen molar-refractivity contribution in [3.63, 3.8) is 0 Å². The zero-order valence-corrected chi connectivity index (χ0v) is 11.9. The van der Waals surface area contributed by atoms with E-state index in [1.807, 2.05) is 0 Å². The summed E-state index contributed by atoms with van der Waals surface area (Å²) in [5.41, 5.74) is 0.589. The Morgan fingerprint density at radius 2 is 2.20 bits per heavy atom. The average molecular weight is 304 g/mol. The largest absolute Gasteiger partial charge is 0.487 e. The lowest BCUT2D eigenvalue weighted by Gasteiger charge is -2.23. The van der Waals surface area contributed by atoms with Crippen LogP contribution in [0.15, 0.2) is 18.2 Å². The van der Waals surface area contributed by atoms with Crippen molar-refractivity contribution in [3.05, 3.63) is 24.0 Å². The van der Waals surface area contributed by atoms with Gasteiger partial charge in [0.1, 0.15) is 6.10 Å². The SMILES string of the molecule is OC(CCl)CNc1ccc(OC2CCOCC2)c(F)c1. The molecule has 1 heterocycles. The number of aliphatic hydroxyl groups excluding tert-OH is 1. The highest BCUT2D eigenvalue weighted by Gasteiger charge is 2.17. The summed E-state index contributed by atoms with van der Waals surface area (Å²) in [5, 5.41) is 12.3. The molecule has 1 unspecified atom stereocenters. The molecule has 112 valence electrons. The van der Waals surface area contributed by atoms with E-state index in [0.717, 1.165) is 12.8 Å². The second-order valence-corrected chi connectivity index (χ2v) is 5.07. The van der Waals surface area contributed by atoms with E-state index in [0.29, 0.717) is 18.9 Å². The Balaban J connectivity index is 1.91. The van der Waals surface area contributed by atoms with Crippen molar-refractivity contribution in [3.8, 4) is 5.75 Å². The number of rotatable bonds is 6. The molecular weight excluding hydrogens is 285 g/mol. The minimum Gasteiger partial charge on any atom is -0.487 e. The summed E-state index contributed by atoms with van der Waals surface area (Å²) in [6, 6.07) is 4.68. The van der Waals surface area contributed by atoms with Gasteiger partial charge in [-0.2, -0.15) is 0 Å². The lowest BCUT2D eigenvalue weighted by molar-refractivity contribution is 0.0240. The number of hydrogen-bond donors (Lipinski definition) is 2. The third-order valence-electron chi connectivity index (χ3n) is 3.11. The molecule has 0 saturated carbocycles. The van der Waals surface area contributed by atoms with Gasteiger partial charge in [0.2, 0.25) is 0 Å². The second-order valence-electron chi connectivity index (χ2n) is 4.76. The molecule has 0 amide bonds. The van der Waals surface area contributed by atoms with E-state index in [1.54, 1.807) is 12.1 Å². The maximum atomic E-state index is 13.9. The van der Waals surface area contributed by atoms with Crippen LogP contribution in [-0.2, 0) is 4.74 Å². The van der Waals surface area contributed by atoms with Gasteiger partial charge in [0.25, 0.3) is 0 Å². The van der Waals surface area contributed by atoms with Gasteiger partial charge in [-0.15, -0.1) is 11.6 Å². The van der Waals surface area contributed by atoms with Gasteiger partial charge in [-0.3, -0.25) is 0 Å². The molecule has 0 aliphatic carbocycles. The van der Waals surface area contributed by atoms with Crippen molar-refractivity contribution < 1.29 is 19.0 Å². The molecule has 1 aromatic carbocycles. The highest BCUT2D eigenvalue weighted by molar-refractivity contribution is 6.18. The van der Waals surface area contributed by atoms with Gasteiger partial charge in [0, 0.05) is 31.1 Å². The smallest absolute Gasteiger partial charge is 0.167 e. The summed E-state index contributed by atoms with van der Waals surface area (Å²) >= 11 is 5.49. The second kappa shape index (κ2) is 7.67. The van der Waals surface area contributed by atoms with E-state index >= 15 is 0 Å². The highest BCUT2D eigenvalue weighted by Crippen LogP contribution is 2.24. The van der Waals surface area contributed by atoms with Crippen LogP contribution in [0.5, 0.6) is 5.75 Å². The highest BCUT2D eigenvalue weighted by atomic mass is 35.5. The first-order valence-corrected chi connectivity index (χ1v) is 7.24. The van der Waals surface area contributed by atoms with Gasteiger partial charge in [-0.05, 0) is 12.1 Å². The first kappa shape index (κ1) is 15.4. The monoisotopic (exact) mass is 303 g/mol. The van der Waals surface area contributed by atoms with Gasteiger partial charge in [-0.25, -0.2) is 4.39 Å². The molecule has 1 saturated heterocycles. The summed E-state index contributed by atoms with van der Waals surface area (Å²) in [6.45, 7) is 1.59. The van der Waals surface area contributed by atoms with Crippen LogP contribution in [0.25, 0.3) is 0 Å². The van der Waals surface area contributed by atoms with Gasteiger partial charge in [-0.1, -0.05) is 0 Å². The Labute approximate surface area is 122 Å². The lowest BCUT2D eigenvalue weighted by Crippen LogP contribution is -2.26. The third kappa shape index (κ3) is 4.51. The van der Waals surface area contributed by atoms with Gasteiger partial charge in [0.05, 0.1) is 25.2 Å². The number of anilines is 1. The van der Waals surface area contributed by atoms with Gasteiger partial charge < -0.3 is 19.9 Å². The molecule has 1 aliphatic heterocycles. The van der Waals surface area contributed by atoms with Crippen molar-refractivity contribution in [2.24, 2.45) is 0 Å². The molecule has 1 aliphatic rings. The third-order valence-corrected chi connectivity index (χ3v) is 3.47. The quantitative estimate of drug-likeness (QED) is 0.792. The zero-order chi connectivity index (χ0) is 14.4. The van der Waals surface area contributed by atoms with E-state index in [2.05, 4.69) is 5.32 Å². The predicted molar refractivity (Wildman–Crippen MR) is 76.1 cm³/mol.